The maximum absolute atomic E-state index is 11.6. The van der Waals surface area contributed by atoms with Crippen LogP contribution in [0.15, 0.2) is 28.6 Å². The molecular weight excluding hydrogens is 232 g/mol. The van der Waals surface area contributed by atoms with Crippen molar-refractivity contribution in [3.63, 3.8) is 0 Å². The molecule has 79 valence electrons. The highest BCUT2D eigenvalue weighted by Gasteiger charge is 2.17. The number of fused-ring (bicyclic) bond motifs is 1. The average molecular weight is 241 g/mol. The first-order chi connectivity index (χ1) is 7.13. The largest absolute Gasteiger partial charge is 0.268 e. The van der Waals surface area contributed by atoms with Gasteiger partial charge in [-0.1, -0.05) is 12.1 Å². The van der Waals surface area contributed by atoms with Crippen molar-refractivity contribution in [2.75, 3.05) is 0 Å². The molecule has 15 heavy (non-hydrogen) atoms. The van der Waals surface area contributed by atoms with Gasteiger partial charge in [0.05, 0.1) is 10.2 Å². The quantitative estimate of drug-likeness (QED) is 0.890. The second-order valence-corrected chi connectivity index (χ2v) is 5.78. The lowest BCUT2D eigenvalue weighted by Gasteiger charge is -1.97. The Kier molecular flexibility index (Phi) is 2.72. The molecule has 0 spiro atoms. The van der Waals surface area contributed by atoms with Crippen LogP contribution in [0, 0.1) is 6.54 Å². The van der Waals surface area contributed by atoms with E-state index in [9.17, 15) is 8.42 Å². The SMILES string of the molecule is C[CH]NS(=O)(=O)c1nc2ccccc2s1. The van der Waals surface area contributed by atoms with Crippen molar-refractivity contribution >= 4 is 31.6 Å². The van der Waals surface area contributed by atoms with Crippen molar-refractivity contribution in [2.45, 2.75) is 11.3 Å². The summed E-state index contributed by atoms with van der Waals surface area (Å²) in [5.41, 5.74) is 0.707. The van der Waals surface area contributed by atoms with E-state index in [4.69, 9.17) is 0 Å². The number of sulfonamides is 1. The van der Waals surface area contributed by atoms with Gasteiger partial charge in [0.25, 0.3) is 10.0 Å². The molecule has 1 aromatic heterocycles. The van der Waals surface area contributed by atoms with E-state index in [1.807, 2.05) is 18.2 Å². The maximum Gasteiger partial charge on any atom is 0.268 e. The Labute approximate surface area is 92.0 Å². The molecule has 0 saturated heterocycles. The summed E-state index contributed by atoms with van der Waals surface area (Å²) in [5, 5.41) is 0. The van der Waals surface area contributed by atoms with Crippen LogP contribution in [0.2, 0.25) is 0 Å². The van der Waals surface area contributed by atoms with Crippen molar-refractivity contribution < 1.29 is 8.42 Å². The maximum atomic E-state index is 11.6. The summed E-state index contributed by atoms with van der Waals surface area (Å²) >= 11 is 1.16. The summed E-state index contributed by atoms with van der Waals surface area (Å²) in [6, 6.07) is 7.33. The van der Waals surface area contributed by atoms with Gasteiger partial charge >= 0.3 is 0 Å². The Morgan fingerprint density at radius 2 is 2.13 bits per heavy atom. The summed E-state index contributed by atoms with van der Waals surface area (Å²) in [5.74, 6) is 0. The van der Waals surface area contributed by atoms with E-state index in [0.717, 1.165) is 16.0 Å². The van der Waals surface area contributed by atoms with Crippen LogP contribution in [0.4, 0.5) is 0 Å². The zero-order valence-corrected chi connectivity index (χ0v) is 9.60. The van der Waals surface area contributed by atoms with Gasteiger partial charge in [0.1, 0.15) is 0 Å². The topological polar surface area (TPSA) is 59.1 Å². The van der Waals surface area contributed by atoms with Crippen LogP contribution in [-0.2, 0) is 10.0 Å². The summed E-state index contributed by atoms with van der Waals surface area (Å²) < 4.78 is 26.5. The molecule has 4 nitrogen and oxygen atoms in total. The molecule has 0 fully saturated rings. The number of aromatic nitrogens is 1. The van der Waals surface area contributed by atoms with Crippen LogP contribution < -0.4 is 4.72 Å². The molecule has 6 heteroatoms. The standard InChI is InChI=1S/C9H9N2O2S2/c1-2-10-15(12,13)9-11-7-5-3-4-6-8(7)14-9/h2-6,10H,1H3. The van der Waals surface area contributed by atoms with Gasteiger partial charge in [-0.2, -0.15) is 0 Å². The summed E-state index contributed by atoms with van der Waals surface area (Å²) in [7, 11) is -3.47. The number of hydrogen-bond donors (Lipinski definition) is 1. The number of hydrogen-bond acceptors (Lipinski definition) is 4. The van der Waals surface area contributed by atoms with Crippen molar-refractivity contribution in [1.29, 1.82) is 0 Å². The van der Waals surface area contributed by atoms with E-state index in [1.165, 1.54) is 6.54 Å². The molecule has 2 rings (SSSR count). The number of rotatable bonds is 3. The molecule has 1 aromatic carbocycles. The Morgan fingerprint density at radius 1 is 1.40 bits per heavy atom. The van der Waals surface area contributed by atoms with Crippen molar-refractivity contribution in [2.24, 2.45) is 0 Å². The first kappa shape index (κ1) is 10.5. The van der Waals surface area contributed by atoms with Crippen LogP contribution in [0.1, 0.15) is 6.92 Å². The van der Waals surface area contributed by atoms with Gasteiger partial charge in [0.15, 0.2) is 0 Å². The van der Waals surface area contributed by atoms with Gasteiger partial charge in [0.2, 0.25) is 4.34 Å². The highest BCUT2D eigenvalue weighted by Crippen LogP contribution is 2.24. The Hall–Kier alpha value is -0.980. The third-order valence-electron chi connectivity index (χ3n) is 1.78. The minimum absolute atomic E-state index is 0.0989. The first-order valence-corrected chi connectivity index (χ1v) is 6.59. The number of nitrogens with one attached hydrogen (secondary N) is 1. The number of para-hydroxylation sites is 1. The van der Waals surface area contributed by atoms with Gasteiger partial charge in [0, 0.05) is 6.54 Å². The fraction of sp³-hybridized carbons (Fsp3) is 0.111. The second-order valence-electron chi connectivity index (χ2n) is 2.86. The second kappa shape index (κ2) is 3.88. The van der Waals surface area contributed by atoms with E-state index >= 15 is 0 Å². The fourth-order valence-electron chi connectivity index (χ4n) is 1.17. The van der Waals surface area contributed by atoms with E-state index in [1.54, 1.807) is 13.0 Å². The average Bonchev–Trinajstić information content (AvgIpc) is 2.61. The minimum atomic E-state index is -3.47. The van der Waals surface area contributed by atoms with Crippen LogP contribution in [0.25, 0.3) is 10.2 Å². The normalized spacial score (nSPS) is 12.1. The lowest BCUT2D eigenvalue weighted by Crippen LogP contribution is -2.19. The van der Waals surface area contributed by atoms with Crippen LogP contribution in [-0.4, -0.2) is 13.4 Å². The molecule has 2 aromatic rings. The van der Waals surface area contributed by atoms with Crippen LogP contribution in [0.3, 0.4) is 0 Å². The molecule has 0 aliphatic heterocycles. The Morgan fingerprint density at radius 3 is 2.80 bits per heavy atom. The molecule has 0 amide bonds. The monoisotopic (exact) mass is 241 g/mol. The Balaban J connectivity index is 2.54. The van der Waals surface area contributed by atoms with Gasteiger partial charge in [-0.25, -0.2) is 18.1 Å². The van der Waals surface area contributed by atoms with Gasteiger partial charge in [-0.05, 0) is 19.1 Å². The summed E-state index contributed by atoms with van der Waals surface area (Å²) in [6.07, 6.45) is 0. The molecule has 0 unspecified atom stereocenters. The smallest absolute Gasteiger partial charge is 0.224 e. The number of nitrogens with zero attached hydrogens (tertiary/aromatic N) is 1. The van der Waals surface area contributed by atoms with Crippen molar-refractivity contribution in [3.05, 3.63) is 30.8 Å². The van der Waals surface area contributed by atoms with Gasteiger partial charge in [-0.15, -0.1) is 11.3 Å². The fourth-order valence-corrected chi connectivity index (χ4v) is 3.35. The molecule has 1 N–H and O–H groups in total. The number of benzene rings is 1. The molecule has 0 aliphatic rings. The number of thiazole rings is 1. The van der Waals surface area contributed by atoms with Crippen LogP contribution >= 0.6 is 11.3 Å². The summed E-state index contributed by atoms with van der Waals surface area (Å²) in [6.45, 7) is 2.99. The molecular formula is C9H9N2O2S2. The minimum Gasteiger partial charge on any atom is -0.224 e. The highest BCUT2D eigenvalue weighted by molar-refractivity contribution is 7.91. The zero-order chi connectivity index (χ0) is 10.9. The molecule has 0 saturated carbocycles. The van der Waals surface area contributed by atoms with Gasteiger partial charge < -0.3 is 0 Å². The third-order valence-corrected chi connectivity index (χ3v) is 4.61. The molecule has 0 atom stereocenters. The lowest BCUT2D eigenvalue weighted by atomic mass is 10.3. The van der Waals surface area contributed by atoms with Gasteiger partial charge in [-0.3, -0.25) is 0 Å². The van der Waals surface area contributed by atoms with E-state index < -0.39 is 10.0 Å². The van der Waals surface area contributed by atoms with E-state index in [0.29, 0.717) is 5.52 Å². The summed E-state index contributed by atoms with van der Waals surface area (Å²) in [4.78, 5) is 4.05. The molecule has 0 bridgehead atoms. The third kappa shape index (κ3) is 2.01. The molecule has 0 aliphatic carbocycles. The predicted octanol–water partition coefficient (Wildman–Crippen LogP) is 1.76. The lowest BCUT2D eigenvalue weighted by molar-refractivity contribution is 0.587. The van der Waals surface area contributed by atoms with Crippen LogP contribution in [0.5, 0.6) is 0 Å². The van der Waals surface area contributed by atoms with Crippen molar-refractivity contribution in [3.8, 4) is 0 Å². The first-order valence-electron chi connectivity index (χ1n) is 4.29. The van der Waals surface area contributed by atoms with Crippen molar-refractivity contribution in [1.82, 2.24) is 9.71 Å². The van der Waals surface area contributed by atoms with E-state index in [-0.39, 0.29) is 4.34 Å². The Bertz CT molecular complexity index is 542. The highest BCUT2D eigenvalue weighted by atomic mass is 32.2. The predicted molar refractivity (Wildman–Crippen MR) is 59.9 cm³/mol. The molecule has 1 heterocycles. The zero-order valence-electron chi connectivity index (χ0n) is 7.97. The van der Waals surface area contributed by atoms with E-state index in [2.05, 4.69) is 9.71 Å². The molecule has 1 radical (unpaired) electrons.